The molecule has 0 saturated carbocycles. The molecule has 10 heteroatoms. The normalized spacial score (nSPS) is 12.7. The van der Waals surface area contributed by atoms with Gasteiger partial charge in [0.05, 0.1) is 17.2 Å². The Morgan fingerprint density at radius 3 is 2.14 bits per heavy atom. The van der Waals surface area contributed by atoms with Crippen LogP contribution in [0.3, 0.4) is 0 Å². The number of rotatable bonds is 15. The minimum Gasteiger partial charge on any atom is -0.494 e. The Morgan fingerprint density at radius 1 is 0.930 bits per heavy atom. The Kier molecular flexibility index (Phi) is 12.5. The summed E-state index contributed by atoms with van der Waals surface area (Å²) in [6.45, 7) is 9.71. The van der Waals surface area contributed by atoms with E-state index in [4.69, 9.17) is 4.74 Å². The highest BCUT2D eigenvalue weighted by atomic mass is 32.2. The Hall–Kier alpha value is -3.50. The quantitative estimate of drug-likeness (QED) is 0.207. The van der Waals surface area contributed by atoms with E-state index in [1.54, 1.807) is 48.5 Å². The van der Waals surface area contributed by atoms with Gasteiger partial charge >= 0.3 is 0 Å². The summed E-state index contributed by atoms with van der Waals surface area (Å²) < 4.78 is 34.9. The van der Waals surface area contributed by atoms with Crippen LogP contribution in [0.15, 0.2) is 82.6 Å². The van der Waals surface area contributed by atoms with Crippen LogP contribution < -0.4 is 14.4 Å². The van der Waals surface area contributed by atoms with Crippen LogP contribution in [0.4, 0.5) is 5.69 Å². The molecule has 232 valence electrons. The first-order chi connectivity index (χ1) is 20.5. The van der Waals surface area contributed by atoms with Crippen LogP contribution in [0.2, 0.25) is 0 Å². The van der Waals surface area contributed by atoms with Crippen molar-refractivity contribution in [2.45, 2.75) is 75.9 Å². The van der Waals surface area contributed by atoms with Crippen molar-refractivity contribution < 1.29 is 22.7 Å². The number of benzene rings is 3. The number of hydrogen-bond acceptors (Lipinski definition) is 6. The second kappa shape index (κ2) is 15.8. The molecule has 0 aliphatic rings. The molecule has 0 aliphatic heterocycles. The summed E-state index contributed by atoms with van der Waals surface area (Å²) in [5.41, 5.74) is 2.18. The second-order valence-electron chi connectivity index (χ2n) is 10.3. The third kappa shape index (κ3) is 8.76. The zero-order valence-corrected chi connectivity index (χ0v) is 27.5. The van der Waals surface area contributed by atoms with Gasteiger partial charge in [-0.25, -0.2) is 8.42 Å². The van der Waals surface area contributed by atoms with E-state index < -0.39 is 28.5 Å². The van der Waals surface area contributed by atoms with Crippen molar-refractivity contribution in [2.75, 3.05) is 23.7 Å². The van der Waals surface area contributed by atoms with E-state index in [1.807, 2.05) is 65.1 Å². The molecule has 0 heterocycles. The maximum Gasteiger partial charge on any atom is 0.264 e. The van der Waals surface area contributed by atoms with Crippen molar-refractivity contribution in [1.82, 2.24) is 10.2 Å². The number of carbonyl (C=O) groups excluding carboxylic acids is 2. The lowest BCUT2D eigenvalue weighted by Crippen LogP contribution is -2.53. The summed E-state index contributed by atoms with van der Waals surface area (Å²) in [5.74, 6) is -0.150. The molecule has 0 bridgehead atoms. The van der Waals surface area contributed by atoms with Crippen LogP contribution in [0.5, 0.6) is 5.75 Å². The fourth-order valence-corrected chi connectivity index (χ4v) is 6.43. The van der Waals surface area contributed by atoms with Gasteiger partial charge in [-0.05, 0) is 99.5 Å². The molecule has 3 aromatic carbocycles. The van der Waals surface area contributed by atoms with Gasteiger partial charge in [0, 0.05) is 17.5 Å². The van der Waals surface area contributed by atoms with E-state index in [1.165, 1.54) is 16.7 Å². The lowest BCUT2D eigenvalue weighted by molar-refractivity contribution is -0.140. The molecule has 0 saturated heterocycles. The predicted molar refractivity (Wildman–Crippen MR) is 174 cm³/mol. The Balaban J connectivity index is 2.08. The van der Waals surface area contributed by atoms with Crippen molar-refractivity contribution in [3.05, 3.63) is 83.9 Å². The van der Waals surface area contributed by atoms with Gasteiger partial charge in [0.25, 0.3) is 10.0 Å². The molecule has 0 unspecified atom stereocenters. The minimum absolute atomic E-state index is 0.0676. The summed E-state index contributed by atoms with van der Waals surface area (Å²) in [4.78, 5) is 30.2. The largest absolute Gasteiger partial charge is 0.494 e. The molecule has 3 rings (SSSR count). The molecular weight excluding hydrogens is 583 g/mol. The summed E-state index contributed by atoms with van der Waals surface area (Å²) in [6.07, 6.45) is 3.03. The number of thioether (sulfide) groups is 1. The highest BCUT2D eigenvalue weighted by molar-refractivity contribution is 7.98. The number of amides is 2. The lowest BCUT2D eigenvalue weighted by atomic mass is 10.1. The number of carbonyl (C=O) groups is 2. The summed E-state index contributed by atoms with van der Waals surface area (Å²) in [7, 11) is -4.15. The highest BCUT2D eigenvalue weighted by Crippen LogP contribution is 2.28. The zero-order chi connectivity index (χ0) is 31.6. The van der Waals surface area contributed by atoms with Crippen LogP contribution in [0.1, 0.15) is 51.7 Å². The monoisotopic (exact) mass is 625 g/mol. The molecule has 2 amide bonds. The van der Waals surface area contributed by atoms with E-state index in [2.05, 4.69) is 5.32 Å². The van der Waals surface area contributed by atoms with Crippen molar-refractivity contribution in [3.63, 3.8) is 0 Å². The zero-order valence-electron chi connectivity index (χ0n) is 25.9. The summed E-state index contributed by atoms with van der Waals surface area (Å²) in [6, 6.07) is 20.0. The number of nitrogens with zero attached hydrogens (tertiary/aromatic N) is 2. The van der Waals surface area contributed by atoms with Crippen LogP contribution in [0.25, 0.3) is 0 Å². The number of aryl methyl sites for hydroxylation is 1. The van der Waals surface area contributed by atoms with Gasteiger partial charge < -0.3 is 15.0 Å². The van der Waals surface area contributed by atoms with Gasteiger partial charge in [-0.1, -0.05) is 38.1 Å². The first-order valence-corrected chi connectivity index (χ1v) is 17.3. The van der Waals surface area contributed by atoms with E-state index in [0.29, 0.717) is 24.5 Å². The molecular formula is C33H43N3O5S2. The van der Waals surface area contributed by atoms with Gasteiger partial charge in [0.15, 0.2) is 0 Å². The molecule has 0 fully saturated rings. The molecule has 2 atom stereocenters. The number of hydrogen-bond donors (Lipinski definition) is 1. The molecule has 0 spiro atoms. The molecule has 8 nitrogen and oxygen atoms in total. The van der Waals surface area contributed by atoms with Crippen molar-refractivity contribution in [1.29, 1.82) is 0 Å². The van der Waals surface area contributed by atoms with E-state index in [9.17, 15) is 18.0 Å². The first-order valence-electron chi connectivity index (χ1n) is 14.6. The third-order valence-electron chi connectivity index (χ3n) is 7.35. The molecule has 0 aromatic heterocycles. The predicted octanol–water partition coefficient (Wildman–Crippen LogP) is 6.03. The molecule has 0 aliphatic carbocycles. The third-order valence-corrected chi connectivity index (χ3v) is 9.88. The standard InChI is InChI=1S/C33H43N3O5S2/c1-7-25(5)34-33(38)31(8-2)35(22-26-13-11-10-12-24(26)4)32(37)23-36(27-14-16-28(17-15-27)41-9-3)43(39,40)30-20-18-29(42-6)19-21-30/h10-21,25,31H,7-9,22-23H2,1-6H3,(H,34,38)/t25-,31+/m1/s1. The molecule has 1 N–H and O–H groups in total. The van der Waals surface area contributed by atoms with E-state index >= 15 is 0 Å². The summed E-state index contributed by atoms with van der Waals surface area (Å²) >= 11 is 1.51. The van der Waals surface area contributed by atoms with Crippen LogP contribution in [0, 0.1) is 6.92 Å². The lowest BCUT2D eigenvalue weighted by Gasteiger charge is -2.34. The summed E-state index contributed by atoms with van der Waals surface area (Å²) in [5, 5.41) is 3.01. The van der Waals surface area contributed by atoms with E-state index in [0.717, 1.165) is 26.7 Å². The van der Waals surface area contributed by atoms with Gasteiger partial charge in [-0.15, -0.1) is 11.8 Å². The average Bonchev–Trinajstić information content (AvgIpc) is 3.01. The minimum atomic E-state index is -4.15. The number of sulfonamides is 1. The van der Waals surface area contributed by atoms with Gasteiger partial charge in [0.2, 0.25) is 11.8 Å². The van der Waals surface area contributed by atoms with Crippen molar-refractivity contribution in [3.8, 4) is 5.75 Å². The molecule has 3 aromatic rings. The number of anilines is 1. The fourth-order valence-electron chi connectivity index (χ4n) is 4.61. The maximum absolute atomic E-state index is 14.3. The second-order valence-corrected chi connectivity index (χ2v) is 13.0. The Morgan fingerprint density at radius 2 is 1.58 bits per heavy atom. The highest BCUT2D eigenvalue weighted by Gasteiger charge is 2.34. The van der Waals surface area contributed by atoms with Crippen molar-refractivity contribution >= 4 is 39.3 Å². The van der Waals surface area contributed by atoms with Gasteiger partial charge in [-0.2, -0.15) is 0 Å². The smallest absolute Gasteiger partial charge is 0.264 e. The average molecular weight is 626 g/mol. The fraction of sp³-hybridized carbons (Fsp3) is 0.394. The Bertz CT molecular complexity index is 1460. The maximum atomic E-state index is 14.3. The molecule has 43 heavy (non-hydrogen) atoms. The van der Waals surface area contributed by atoms with Crippen LogP contribution in [-0.4, -0.2) is 56.6 Å². The number of nitrogens with one attached hydrogen (secondary N) is 1. The molecule has 0 radical (unpaired) electrons. The van der Waals surface area contributed by atoms with Crippen LogP contribution in [-0.2, 0) is 26.2 Å². The first kappa shape index (κ1) is 34.0. The topological polar surface area (TPSA) is 96.0 Å². The van der Waals surface area contributed by atoms with E-state index in [-0.39, 0.29) is 23.4 Å². The van der Waals surface area contributed by atoms with Gasteiger partial charge in [0.1, 0.15) is 18.3 Å². The SMILES string of the molecule is CCOc1ccc(N(CC(=O)N(Cc2ccccc2C)[C@@H](CC)C(=O)N[C@H](C)CC)S(=O)(=O)c2ccc(SC)cc2)cc1. The van der Waals surface area contributed by atoms with Gasteiger partial charge in [-0.3, -0.25) is 13.9 Å². The number of ether oxygens (including phenoxy) is 1. The Labute approximate surface area is 260 Å². The van der Waals surface area contributed by atoms with Crippen molar-refractivity contribution in [2.24, 2.45) is 0 Å². The van der Waals surface area contributed by atoms with Crippen LogP contribution >= 0.6 is 11.8 Å².